The molecule has 0 saturated heterocycles. The van der Waals surface area contributed by atoms with Gasteiger partial charge in [-0.1, -0.05) is 6.07 Å². The molecule has 2 aromatic rings. The second-order valence-corrected chi connectivity index (χ2v) is 2.36. The van der Waals surface area contributed by atoms with E-state index < -0.39 is 0 Å². The summed E-state index contributed by atoms with van der Waals surface area (Å²) in [6.07, 6.45) is 3.08. The summed E-state index contributed by atoms with van der Waals surface area (Å²) in [5, 5.41) is 14.8. The van der Waals surface area contributed by atoms with E-state index in [9.17, 15) is 0 Å². The van der Waals surface area contributed by atoms with Crippen molar-refractivity contribution in [2.45, 2.75) is 0 Å². The number of H-pyrrole nitrogens is 1. The Hall–Kier alpha value is -1.64. The average Bonchev–Trinajstić information content (AvgIpc) is 2.50. The Balaban J connectivity index is 2.76. The summed E-state index contributed by atoms with van der Waals surface area (Å²) >= 11 is 0. The molecule has 0 amide bonds. The fourth-order valence-corrected chi connectivity index (χ4v) is 1.05. The van der Waals surface area contributed by atoms with Crippen molar-refractivity contribution >= 4 is 17.1 Å². The van der Waals surface area contributed by atoms with E-state index in [1.54, 1.807) is 6.20 Å². The van der Waals surface area contributed by atoms with Crippen molar-refractivity contribution < 1.29 is 0 Å². The molecule has 11 heavy (non-hydrogen) atoms. The number of rotatable bonds is 1. The first-order valence-electron chi connectivity index (χ1n) is 3.34. The van der Waals surface area contributed by atoms with Crippen LogP contribution in [0.25, 0.3) is 10.9 Å². The molecule has 3 heteroatoms. The van der Waals surface area contributed by atoms with Crippen molar-refractivity contribution in [3.05, 3.63) is 30.0 Å². The Labute approximate surface area is 63.6 Å². The molecule has 0 aliphatic rings. The molecule has 54 valence electrons. The Morgan fingerprint density at radius 1 is 1.45 bits per heavy atom. The fourth-order valence-electron chi connectivity index (χ4n) is 1.05. The van der Waals surface area contributed by atoms with Crippen molar-refractivity contribution in [2.75, 3.05) is 0 Å². The zero-order valence-electron chi connectivity index (χ0n) is 5.83. The normalized spacial score (nSPS) is 10.2. The number of fused-ring (bicyclic) bond motifs is 1. The highest BCUT2D eigenvalue weighted by Crippen LogP contribution is 2.10. The van der Waals surface area contributed by atoms with Gasteiger partial charge in [0.05, 0.1) is 11.7 Å². The van der Waals surface area contributed by atoms with E-state index in [4.69, 9.17) is 5.41 Å². The molecular formula is C8H7N3. The number of aromatic amines is 1. The highest BCUT2D eigenvalue weighted by molar-refractivity contribution is 5.87. The third-order valence-electron chi connectivity index (χ3n) is 1.63. The third-order valence-corrected chi connectivity index (χ3v) is 1.63. The van der Waals surface area contributed by atoms with Gasteiger partial charge in [0.25, 0.3) is 0 Å². The summed E-state index contributed by atoms with van der Waals surface area (Å²) in [5.74, 6) is 0. The Kier molecular flexibility index (Phi) is 1.22. The van der Waals surface area contributed by atoms with Gasteiger partial charge in [-0.15, -0.1) is 0 Å². The summed E-state index contributed by atoms with van der Waals surface area (Å²) < 4.78 is 0. The molecule has 1 aromatic carbocycles. The number of nitrogens with one attached hydrogen (secondary N) is 2. The molecule has 0 aliphatic heterocycles. The van der Waals surface area contributed by atoms with Crippen LogP contribution in [0.2, 0.25) is 0 Å². The van der Waals surface area contributed by atoms with Crippen LogP contribution in [0.15, 0.2) is 24.4 Å². The Morgan fingerprint density at radius 3 is 3.18 bits per heavy atom. The monoisotopic (exact) mass is 145 g/mol. The molecule has 3 nitrogen and oxygen atoms in total. The second-order valence-electron chi connectivity index (χ2n) is 2.36. The molecule has 0 atom stereocenters. The number of hydrogen-bond acceptors (Lipinski definition) is 2. The van der Waals surface area contributed by atoms with Gasteiger partial charge in [0.15, 0.2) is 0 Å². The highest BCUT2D eigenvalue weighted by atomic mass is 15.1. The maximum Gasteiger partial charge on any atom is 0.0650 e. The van der Waals surface area contributed by atoms with Crippen molar-refractivity contribution in [3.63, 3.8) is 0 Å². The molecule has 1 heterocycles. The minimum atomic E-state index is 0.902. The lowest BCUT2D eigenvalue weighted by atomic mass is 10.2. The topological polar surface area (TPSA) is 52.5 Å². The lowest BCUT2D eigenvalue weighted by Gasteiger charge is -1.89. The van der Waals surface area contributed by atoms with Crippen molar-refractivity contribution in [1.29, 1.82) is 5.41 Å². The zero-order valence-corrected chi connectivity index (χ0v) is 5.83. The molecular weight excluding hydrogens is 138 g/mol. The molecule has 0 radical (unpaired) electrons. The van der Waals surface area contributed by atoms with E-state index in [1.807, 2.05) is 18.2 Å². The predicted molar refractivity (Wildman–Crippen MR) is 44.0 cm³/mol. The summed E-state index contributed by atoms with van der Waals surface area (Å²) in [5.41, 5.74) is 1.91. The first-order valence-corrected chi connectivity index (χ1v) is 3.34. The lowest BCUT2D eigenvalue weighted by molar-refractivity contribution is 1.12. The number of aromatic nitrogens is 2. The first kappa shape index (κ1) is 6.09. The van der Waals surface area contributed by atoms with Gasteiger partial charge in [0, 0.05) is 11.6 Å². The van der Waals surface area contributed by atoms with Crippen LogP contribution in [0.3, 0.4) is 0 Å². The Bertz CT molecular complexity index is 389. The average molecular weight is 145 g/mol. The molecule has 1 aromatic heterocycles. The van der Waals surface area contributed by atoms with E-state index in [0.29, 0.717) is 0 Å². The fraction of sp³-hybridized carbons (Fsp3) is 0. The second kappa shape index (κ2) is 2.20. The Morgan fingerprint density at radius 2 is 2.36 bits per heavy atom. The molecule has 2 rings (SSSR count). The third kappa shape index (κ3) is 0.902. The smallest absolute Gasteiger partial charge is 0.0650 e. The molecule has 0 fully saturated rings. The summed E-state index contributed by atoms with van der Waals surface area (Å²) in [4.78, 5) is 0. The molecule has 0 unspecified atom stereocenters. The van der Waals surface area contributed by atoms with Gasteiger partial charge in [-0.3, -0.25) is 5.10 Å². The molecule has 0 bridgehead atoms. The van der Waals surface area contributed by atoms with Gasteiger partial charge < -0.3 is 5.41 Å². The van der Waals surface area contributed by atoms with Crippen LogP contribution in [0.4, 0.5) is 0 Å². The van der Waals surface area contributed by atoms with E-state index in [0.717, 1.165) is 16.5 Å². The number of hydrogen-bond donors (Lipinski definition) is 2. The lowest BCUT2D eigenvalue weighted by Crippen LogP contribution is -1.76. The minimum Gasteiger partial charge on any atom is -0.308 e. The molecule has 0 spiro atoms. The van der Waals surface area contributed by atoms with E-state index in [1.165, 1.54) is 6.21 Å². The summed E-state index contributed by atoms with van der Waals surface area (Å²) in [6.45, 7) is 0. The van der Waals surface area contributed by atoms with Gasteiger partial charge in [-0.05, 0) is 17.7 Å². The largest absolute Gasteiger partial charge is 0.308 e. The number of nitrogens with zero attached hydrogens (tertiary/aromatic N) is 1. The van der Waals surface area contributed by atoms with Gasteiger partial charge in [0.2, 0.25) is 0 Å². The van der Waals surface area contributed by atoms with Crippen LogP contribution in [-0.4, -0.2) is 16.4 Å². The molecule has 2 N–H and O–H groups in total. The van der Waals surface area contributed by atoms with E-state index >= 15 is 0 Å². The van der Waals surface area contributed by atoms with E-state index in [-0.39, 0.29) is 0 Å². The van der Waals surface area contributed by atoms with Crippen LogP contribution < -0.4 is 0 Å². The summed E-state index contributed by atoms with van der Waals surface area (Å²) in [6, 6.07) is 5.72. The maximum atomic E-state index is 7.02. The van der Waals surface area contributed by atoms with Crippen molar-refractivity contribution in [3.8, 4) is 0 Å². The predicted octanol–water partition coefficient (Wildman–Crippen LogP) is 1.56. The SMILES string of the molecule is N=Cc1ccc2[nH]ncc2c1. The van der Waals surface area contributed by atoms with Crippen molar-refractivity contribution in [2.24, 2.45) is 0 Å². The van der Waals surface area contributed by atoms with E-state index in [2.05, 4.69) is 10.2 Å². The molecule has 0 aliphatic carbocycles. The zero-order chi connectivity index (χ0) is 7.68. The van der Waals surface area contributed by atoms with Crippen LogP contribution in [0.1, 0.15) is 5.56 Å². The standard InChI is InChI=1S/C8H7N3/c9-4-6-1-2-8-7(3-6)5-10-11-8/h1-5,9H,(H,10,11). The van der Waals surface area contributed by atoms with Gasteiger partial charge in [0.1, 0.15) is 0 Å². The molecule has 0 saturated carbocycles. The van der Waals surface area contributed by atoms with Crippen LogP contribution in [-0.2, 0) is 0 Å². The van der Waals surface area contributed by atoms with Crippen LogP contribution >= 0.6 is 0 Å². The maximum absolute atomic E-state index is 7.02. The van der Waals surface area contributed by atoms with Crippen molar-refractivity contribution in [1.82, 2.24) is 10.2 Å². The first-order chi connectivity index (χ1) is 5.40. The minimum absolute atomic E-state index is 0.902. The quantitative estimate of drug-likeness (QED) is 0.588. The summed E-state index contributed by atoms with van der Waals surface area (Å²) in [7, 11) is 0. The highest BCUT2D eigenvalue weighted by Gasteiger charge is 1.93. The van der Waals surface area contributed by atoms with Gasteiger partial charge in [-0.2, -0.15) is 5.10 Å². The van der Waals surface area contributed by atoms with Gasteiger partial charge in [-0.25, -0.2) is 0 Å². The van der Waals surface area contributed by atoms with Crippen LogP contribution in [0.5, 0.6) is 0 Å². The van der Waals surface area contributed by atoms with Crippen LogP contribution in [0, 0.1) is 5.41 Å². The number of benzene rings is 1. The van der Waals surface area contributed by atoms with Gasteiger partial charge >= 0.3 is 0 Å².